The van der Waals surface area contributed by atoms with E-state index in [1.54, 1.807) is 4.90 Å². The standard InChI is InChI=1S/C14H24N2O3/c1-10(2)8-16(12-5-6-12)14(19)15-7-3-4-11(9-15)13(17)18/h10-12H,3-9H2,1-2H3,(H,17,18). The lowest BCUT2D eigenvalue weighted by atomic mass is 9.98. The molecule has 5 nitrogen and oxygen atoms in total. The number of nitrogens with zero attached hydrogens (tertiary/aromatic N) is 2. The highest BCUT2D eigenvalue weighted by Gasteiger charge is 2.37. The van der Waals surface area contributed by atoms with Gasteiger partial charge in [-0.3, -0.25) is 4.79 Å². The van der Waals surface area contributed by atoms with Crippen molar-refractivity contribution in [3.05, 3.63) is 0 Å². The summed E-state index contributed by atoms with van der Waals surface area (Å²) in [5, 5.41) is 9.09. The van der Waals surface area contributed by atoms with Gasteiger partial charge in [-0.2, -0.15) is 0 Å². The highest BCUT2D eigenvalue weighted by atomic mass is 16.4. The van der Waals surface area contributed by atoms with Crippen molar-refractivity contribution >= 4 is 12.0 Å². The number of aliphatic carboxylic acids is 1. The fourth-order valence-electron chi connectivity index (χ4n) is 2.70. The number of piperidine rings is 1. The molecular formula is C14H24N2O3. The summed E-state index contributed by atoms with van der Waals surface area (Å²) < 4.78 is 0. The van der Waals surface area contributed by atoms with Gasteiger partial charge in [0.15, 0.2) is 0 Å². The Morgan fingerprint density at radius 3 is 2.53 bits per heavy atom. The molecule has 1 saturated heterocycles. The van der Waals surface area contributed by atoms with Crippen LogP contribution in [0.25, 0.3) is 0 Å². The third-order valence-electron chi connectivity index (χ3n) is 3.84. The summed E-state index contributed by atoms with van der Waals surface area (Å²) >= 11 is 0. The number of amides is 2. The molecule has 2 rings (SSSR count). The van der Waals surface area contributed by atoms with Crippen LogP contribution in [0.3, 0.4) is 0 Å². The van der Waals surface area contributed by atoms with Gasteiger partial charge in [0.25, 0.3) is 0 Å². The SMILES string of the molecule is CC(C)CN(C(=O)N1CCCC(C(=O)O)C1)C1CC1. The van der Waals surface area contributed by atoms with Gasteiger partial charge in [0, 0.05) is 25.7 Å². The largest absolute Gasteiger partial charge is 0.481 e. The normalized spacial score (nSPS) is 23.5. The van der Waals surface area contributed by atoms with E-state index in [4.69, 9.17) is 5.11 Å². The molecule has 1 atom stereocenters. The molecule has 1 heterocycles. The number of carbonyl (C=O) groups excluding carboxylic acids is 1. The van der Waals surface area contributed by atoms with Gasteiger partial charge in [-0.15, -0.1) is 0 Å². The lowest BCUT2D eigenvalue weighted by Crippen LogP contribution is -2.50. The fourth-order valence-corrected chi connectivity index (χ4v) is 2.70. The van der Waals surface area contributed by atoms with Crippen LogP contribution in [0.2, 0.25) is 0 Å². The van der Waals surface area contributed by atoms with Crippen molar-refractivity contribution in [1.29, 1.82) is 0 Å². The van der Waals surface area contributed by atoms with Crippen molar-refractivity contribution in [3.63, 3.8) is 0 Å². The van der Waals surface area contributed by atoms with Gasteiger partial charge in [-0.05, 0) is 31.6 Å². The van der Waals surface area contributed by atoms with Gasteiger partial charge in [-0.25, -0.2) is 4.79 Å². The van der Waals surface area contributed by atoms with E-state index >= 15 is 0 Å². The average Bonchev–Trinajstić information content (AvgIpc) is 3.19. The second-order valence-corrected chi connectivity index (χ2v) is 6.18. The molecule has 0 aromatic rings. The predicted octanol–water partition coefficient (Wildman–Crippen LogP) is 2.02. The van der Waals surface area contributed by atoms with E-state index in [9.17, 15) is 9.59 Å². The first kappa shape index (κ1) is 14.2. The topological polar surface area (TPSA) is 60.9 Å². The Morgan fingerprint density at radius 2 is 2.00 bits per heavy atom. The first-order valence-corrected chi connectivity index (χ1v) is 7.27. The van der Waals surface area contributed by atoms with Crippen molar-refractivity contribution in [2.24, 2.45) is 11.8 Å². The molecule has 1 unspecified atom stereocenters. The smallest absolute Gasteiger partial charge is 0.320 e. The third-order valence-corrected chi connectivity index (χ3v) is 3.84. The molecule has 19 heavy (non-hydrogen) atoms. The van der Waals surface area contributed by atoms with Crippen molar-refractivity contribution in [2.45, 2.75) is 45.6 Å². The van der Waals surface area contributed by atoms with E-state index in [1.807, 2.05) is 4.90 Å². The molecule has 0 spiro atoms. The molecule has 2 amide bonds. The van der Waals surface area contributed by atoms with E-state index in [0.717, 1.165) is 25.8 Å². The highest BCUT2D eigenvalue weighted by Crippen LogP contribution is 2.29. The van der Waals surface area contributed by atoms with Crippen LogP contribution in [-0.4, -0.2) is 52.6 Å². The number of likely N-dealkylation sites (tertiary alicyclic amines) is 1. The highest BCUT2D eigenvalue weighted by molar-refractivity contribution is 5.77. The van der Waals surface area contributed by atoms with E-state index in [1.165, 1.54) is 0 Å². The maximum atomic E-state index is 12.5. The molecule has 1 saturated carbocycles. The molecule has 5 heteroatoms. The molecule has 2 fully saturated rings. The van der Waals surface area contributed by atoms with Crippen molar-refractivity contribution in [3.8, 4) is 0 Å². The monoisotopic (exact) mass is 268 g/mol. The lowest BCUT2D eigenvalue weighted by molar-refractivity contribution is -0.143. The second kappa shape index (κ2) is 5.80. The Kier molecular flexibility index (Phi) is 4.32. The van der Waals surface area contributed by atoms with Crippen LogP contribution in [0.15, 0.2) is 0 Å². The second-order valence-electron chi connectivity index (χ2n) is 6.18. The van der Waals surface area contributed by atoms with Crippen LogP contribution in [0.5, 0.6) is 0 Å². The molecule has 0 radical (unpaired) electrons. The van der Waals surface area contributed by atoms with Crippen LogP contribution in [0.4, 0.5) is 4.79 Å². The molecule has 1 aliphatic heterocycles. The minimum absolute atomic E-state index is 0.0437. The summed E-state index contributed by atoms with van der Waals surface area (Å²) in [6.07, 6.45) is 3.67. The van der Waals surface area contributed by atoms with Gasteiger partial charge < -0.3 is 14.9 Å². The summed E-state index contributed by atoms with van der Waals surface area (Å²) in [5.41, 5.74) is 0. The van der Waals surface area contributed by atoms with E-state index in [-0.39, 0.29) is 6.03 Å². The Morgan fingerprint density at radius 1 is 1.32 bits per heavy atom. The Balaban J connectivity index is 1.98. The molecule has 2 aliphatic rings. The van der Waals surface area contributed by atoms with Crippen LogP contribution < -0.4 is 0 Å². The number of rotatable bonds is 4. The maximum Gasteiger partial charge on any atom is 0.320 e. The minimum atomic E-state index is -0.778. The summed E-state index contributed by atoms with van der Waals surface area (Å²) in [5.74, 6) is -0.721. The lowest BCUT2D eigenvalue weighted by Gasteiger charge is -2.36. The van der Waals surface area contributed by atoms with E-state index in [0.29, 0.717) is 31.5 Å². The summed E-state index contributed by atoms with van der Waals surface area (Å²) in [4.78, 5) is 27.3. The maximum absolute atomic E-state index is 12.5. The van der Waals surface area contributed by atoms with Crippen LogP contribution >= 0.6 is 0 Å². The zero-order chi connectivity index (χ0) is 14.0. The summed E-state index contributed by atoms with van der Waals surface area (Å²) in [6.45, 7) is 6.06. The van der Waals surface area contributed by atoms with E-state index in [2.05, 4.69) is 13.8 Å². The number of hydrogen-bond donors (Lipinski definition) is 1. The summed E-state index contributed by atoms with van der Waals surface area (Å²) in [6, 6.07) is 0.433. The fraction of sp³-hybridized carbons (Fsp3) is 0.857. The third kappa shape index (κ3) is 3.61. The summed E-state index contributed by atoms with van der Waals surface area (Å²) in [7, 11) is 0. The number of hydrogen-bond acceptors (Lipinski definition) is 2. The molecule has 1 aliphatic carbocycles. The predicted molar refractivity (Wildman–Crippen MR) is 71.9 cm³/mol. The average molecular weight is 268 g/mol. The van der Waals surface area contributed by atoms with Crippen LogP contribution in [0, 0.1) is 11.8 Å². The Labute approximate surface area is 114 Å². The molecule has 108 valence electrons. The van der Waals surface area contributed by atoms with E-state index < -0.39 is 11.9 Å². The van der Waals surface area contributed by atoms with Gasteiger partial charge in [0.1, 0.15) is 0 Å². The zero-order valence-electron chi connectivity index (χ0n) is 11.8. The van der Waals surface area contributed by atoms with Gasteiger partial charge >= 0.3 is 12.0 Å². The van der Waals surface area contributed by atoms with Gasteiger partial charge in [-0.1, -0.05) is 13.8 Å². The first-order valence-electron chi connectivity index (χ1n) is 7.27. The molecule has 0 aromatic carbocycles. The molecule has 0 bridgehead atoms. The van der Waals surface area contributed by atoms with Crippen molar-refractivity contribution < 1.29 is 14.7 Å². The number of urea groups is 1. The quantitative estimate of drug-likeness (QED) is 0.848. The van der Waals surface area contributed by atoms with Crippen LogP contribution in [0.1, 0.15) is 39.5 Å². The number of carboxylic acid groups (broad SMARTS) is 1. The van der Waals surface area contributed by atoms with Gasteiger partial charge in [0.2, 0.25) is 0 Å². The van der Waals surface area contributed by atoms with Crippen molar-refractivity contribution in [1.82, 2.24) is 9.80 Å². The molecular weight excluding hydrogens is 244 g/mol. The molecule has 1 N–H and O–H groups in total. The van der Waals surface area contributed by atoms with Gasteiger partial charge in [0.05, 0.1) is 5.92 Å². The van der Waals surface area contributed by atoms with Crippen LogP contribution in [-0.2, 0) is 4.79 Å². The minimum Gasteiger partial charge on any atom is -0.481 e. The molecule has 0 aromatic heterocycles. The number of carbonyl (C=O) groups is 2. The Bertz CT molecular complexity index is 353. The van der Waals surface area contributed by atoms with Crippen molar-refractivity contribution in [2.75, 3.05) is 19.6 Å². The first-order chi connectivity index (χ1) is 8.99. The zero-order valence-corrected chi connectivity index (χ0v) is 11.8. The number of carboxylic acids is 1. The Hall–Kier alpha value is -1.26.